The van der Waals surface area contributed by atoms with Crippen LogP contribution in [0.25, 0.3) is 0 Å². The Morgan fingerprint density at radius 1 is 0.833 bits per heavy atom. The van der Waals surface area contributed by atoms with Gasteiger partial charge in [0, 0.05) is 12.3 Å². The molecule has 4 saturated carbocycles. The van der Waals surface area contributed by atoms with E-state index in [1.807, 2.05) is 0 Å². The first-order chi connectivity index (χ1) is 16.5. The lowest BCUT2D eigenvalue weighted by molar-refractivity contribution is -0.200. The van der Waals surface area contributed by atoms with E-state index in [-0.39, 0.29) is 45.1 Å². The molecule has 0 bridgehead atoms. The standard InChI is InChI=1S/C32H50O4/c1-20(33)36-25-12-15-29(6)21(28(25,4)5)9-13-30(7)22(29)10-14-31(8)23(30)11-16-32(26(34)35)18-17-27(2,3)19-24(31)32/h11,21-22,24-25H,9-10,12-19H2,1-8H3,(H,34,35)/t21-,22+,24+,25-,29-,30+,31+,32+/m0/s1. The third kappa shape index (κ3) is 3.37. The fourth-order valence-electron chi connectivity index (χ4n) is 11.3. The maximum absolute atomic E-state index is 12.9. The molecule has 8 atom stereocenters. The first-order valence-electron chi connectivity index (χ1n) is 14.6. The Labute approximate surface area is 219 Å². The van der Waals surface area contributed by atoms with Crippen molar-refractivity contribution in [3.63, 3.8) is 0 Å². The Morgan fingerprint density at radius 3 is 2.06 bits per heavy atom. The van der Waals surface area contributed by atoms with Crippen LogP contribution in [0.3, 0.4) is 0 Å². The number of hydrogen-bond acceptors (Lipinski definition) is 3. The normalized spacial score (nSPS) is 48.8. The molecule has 0 heterocycles. The fraction of sp³-hybridized carbons (Fsp3) is 0.875. The van der Waals surface area contributed by atoms with E-state index in [0.29, 0.717) is 18.3 Å². The van der Waals surface area contributed by atoms with Gasteiger partial charge in [-0.05, 0) is 104 Å². The lowest BCUT2D eigenvalue weighted by Gasteiger charge is -2.70. The first-order valence-corrected chi connectivity index (χ1v) is 14.6. The summed E-state index contributed by atoms with van der Waals surface area (Å²) in [5.74, 6) is 0.616. The summed E-state index contributed by atoms with van der Waals surface area (Å²) in [6.45, 7) is 18.4. The second-order valence-electron chi connectivity index (χ2n) is 15.7. The van der Waals surface area contributed by atoms with Crippen LogP contribution < -0.4 is 0 Å². The molecule has 202 valence electrons. The van der Waals surface area contributed by atoms with E-state index >= 15 is 0 Å². The van der Waals surface area contributed by atoms with Crippen LogP contribution in [0.15, 0.2) is 11.6 Å². The number of rotatable bonds is 2. The Hall–Kier alpha value is -1.32. The number of aliphatic carboxylic acids is 1. The molecule has 36 heavy (non-hydrogen) atoms. The van der Waals surface area contributed by atoms with Crippen molar-refractivity contribution in [1.29, 1.82) is 0 Å². The van der Waals surface area contributed by atoms with Crippen LogP contribution >= 0.6 is 0 Å². The van der Waals surface area contributed by atoms with Crippen molar-refractivity contribution >= 4 is 11.9 Å². The Kier molecular flexibility index (Phi) is 5.74. The molecule has 1 N–H and O–H groups in total. The van der Waals surface area contributed by atoms with Crippen molar-refractivity contribution in [1.82, 2.24) is 0 Å². The van der Waals surface area contributed by atoms with Crippen LogP contribution in [0.2, 0.25) is 0 Å². The quantitative estimate of drug-likeness (QED) is 0.311. The molecule has 0 radical (unpaired) electrons. The zero-order chi connectivity index (χ0) is 26.5. The van der Waals surface area contributed by atoms with Crippen LogP contribution in [0.4, 0.5) is 0 Å². The second kappa shape index (κ2) is 7.85. The lowest BCUT2D eigenvalue weighted by Crippen LogP contribution is -2.64. The summed E-state index contributed by atoms with van der Waals surface area (Å²) in [5.41, 5.74) is 1.47. The molecule has 0 saturated heterocycles. The average Bonchev–Trinajstić information content (AvgIpc) is 2.75. The minimum absolute atomic E-state index is 0.000775. The molecular weight excluding hydrogens is 448 g/mol. The Morgan fingerprint density at radius 2 is 1.44 bits per heavy atom. The second-order valence-corrected chi connectivity index (χ2v) is 15.7. The molecule has 4 nitrogen and oxygen atoms in total. The topological polar surface area (TPSA) is 63.6 Å². The number of carboxylic acids is 1. The smallest absolute Gasteiger partial charge is 0.310 e. The van der Waals surface area contributed by atoms with Gasteiger partial charge in [-0.2, -0.15) is 0 Å². The summed E-state index contributed by atoms with van der Waals surface area (Å²) in [4.78, 5) is 24.7. The van der Waals surface area contributed by atoms with E-state index in [4.69, 9.17) is 4.74 Å². The van der Waals surface area contributed by atoms with Gasteiger partial charge in [0.05, 0.1) is 5.41 Å². The zero-order valence-corrected chi connectivity index (χ0v) is 24.1. The maximum atomic E-state index is 12.9. The van der Waals surface area contributed by atoms with Crippen molar-refractivity contribution in [2.75, 3.05) is 0 Å². The monoisotopic (exact) mass is 498 g/mol. The summed E-state index contributed by atoms with van der Waals surface area (Å²) >= 11 is 0. The highest BCUT2D eigenvalue weighted by Gasteiger charge is 2.68. The molecule has 0 spiro atoms. The number of ether oxygens (including phenoxy) is 1. The highest BCUT2D eigenvalue weighted by molar-refractivity contribution is 5.76. The highest BCUT2D eigenvalue weighted by atomic mass is 16.5. The minimum Gasteiger partial charge on any atom is -0.481 e. The molecule has 0 aromatic rings. The number of allylic oxidation sites excluding steroid dienone is 2. The fourth-order valence-corrected chi connectivity index (χ4v) is 11.3. The van der Waals surface area contributed by atoms with Gasteiger partial charge in [-0.1, -0.05) is 60.1 Å². The first kappa shape index (κ1) is 26.3. The van der Waals surface area contributed by atoms with Crippen molar-refractivity contribution in [2.45, 2.75) is 126 Å². The third-order valence-corrected chi connectivity index (χ3v) is 13.0. The summed E-state index contributed by atoms with van der Waals surface area (Å²) in [7, 11) is 0. The Bertz CT molecular complexity index is 992. The van der Waals surface area contributed by atoms with Gasteiger partial charge in [0.2, 0.25) is 0 Å². The molecule has 5 aliphatic carbocycles. The largest absolute Gasteiger partial charge is 0.481 e. The Balaban J connectivity index is 1.54. The van der Waals surface area contributed by atoms with Gasteiger partial charge in [0.25, 0.3) is 0 Å². The summed E-state index contributed by atoms with van der Waals surface area (Å²) in [5, 5.41) is 10.6. The van der Waals surface area contributed by atoms with Crippen molar-refractivity contribution in [2.24, 2.45) is 50.2 Å². The van der Waals surface area contributed by atoms with Gasteiger partial charge in [-0.15, -0.1) is 0 Å². The number of esters is 1. The molecule has 5 aliphatic rings. The SMILES string of the molecule is CC(=O)O[C@H]1CC[C@]2(C)[C@H]3CC[C@]4(C)C(=CC[C@@]5(C(=O)O)CCC(C)(C)C[C@@H]54)[C@]3(C)CC[C@H]2C1(C)C. The van der Waals surface area contributed by atoms with Gasteiger partial charge in [0.15, 0.2) is 0 Å². The van der Waals surface area contributed by atoms with Gasteiger partial charge < -0.3 is 9.84 Å². The number of carbonyl (C=O) groups is 2. The molecule has 4 heteroatoms. The minimum atomic E-state index is -0.595. The van der Waals surface area contributed by atoms with E-state index in [1.165, 1.54) is 6.42 Å². The van der Waals surface area contributed by atoms with Gasteiger partial charge in [-0.25, -0.2) is 0 Å². The molecular formula is C32H50O4. The van der Waals surface area contributed by atoms with E-state index in [1.54, 1.807) is 12.5 Å². The third-order valence-electron chi connectivity index (χ3n) is 13.0. The summed E-state index contributed by atoms with van der Waals surface area (Å²) in [6, 6.07) is 0. The van der Waals surface area contributed by atoms with Crippen LogP contribution in [-0.2, 0) is 14.3 Å². The number of fused-ring (bicyclic) bond motifs is 7. The number of carbonyl (C=O) groups excluding carboxylic acids is 1. The van der Waals surface area contributed by atoms with Crippen molar-refractivity contribution in [3.8, 4) is 0 Å². The lowest BCUT2D eigenvalue weighted by atomic mass is 9.34. The molecule has 5 rings (SSSR count). The zero-order valence-electron chi connectivity index (χ0n) is 24.1. The van der Waals surface area contributed by atoms with Gasteiger partial charge in [-0.3, -0.25) is 9.59 Å². The molecule has 0 amide bonds. The van der Waals surface area contributed by atoms with Crippen molar-refractivity contribution < 1.29 is 19.4 Å². The number of hydrogen-bond donors (Lipinski definition) is 1. The predicted octanol–water partition coefficient (Wildman–Crippen LogP) is 7.80. The highest BCUT2D eigenvalue weighted by Crippen LogP contribution is 2.75. The van der Waals surface area contributed by atoms with E-state index in [0.717, 1.165) is 51.4 Å². The molecule has 0 aromatic heterocycles. The van der Waals surface area contributed by atoms with Crippen LogP contribution in [0.1, 0.15) is 120 Å². The van der Waals surface area contributed by atoms with Gasteiger partial charge in [0.1, 0.15) is 6.10 Å². The predicted molar refractivity (Wildman–Crippen MR) is 142 cm³/mol. The molecule has 0 aliphatic heterocycles. The molecule has 4 fully saturated rings. The molecule has 0 unspecified atom stereocenters. The maximum Gasteiger partial charge on any atom is 0.310 e. The summed E-state index contributed by atoms with van der Waals surface area (Å²) in [6.07, 6.45) is 12.6. The van der Waals surface area contributed by atoms with Crippen LogP contribution in [0, 0.1) is 50.2 Å². The van der Waals surface area contributed by atoms with Crippen LogP contribution in [0.5, 0.6) is 0 Å². The van der Waals surface area contributed by atoms with Gasteiger partial charge >= 0.3 is 11.9 Å². The van der Waals surface area contributed by atoms with E-state index in [9.17, 15) is 14.7 Å². The van der Waals surface area contributed by atoms with E-state index in [2.05, 4.69) is 54.5 Å². The number of carboxylic acid groups (broad SMARTS) is 1. The average molecular weight is 499 g/mol. The van der Waals surface area contributed by atoms with Crippen molar-refractivity contribution in [3.05, 3.63) is 11.6 Å². The van der Waals surface area contributed by atoms with E-state index < -0.39 is 11.4 Å². The molecule has 0 aromatic carbocycles. The summed E-state index contributed by atoms with van der Waals surface area (Å²) < 4.78 is 5.87. The van der Waals surface area contributed by atoms with Crippen LogP contribution in [-0.4, -0.2) is 23.1 Å².